The first-order chi connectivity index (χ1) is 9.11. The highest BCUT2D eigenvalue weighted by Crippen LogP contribution is 2.38. The number of nitrogens with zero attached hydrogens (tertiary/aromatic N) is 3. The maximum atomic E-state index is 13.0. The van der Waals surface area contributed by atoms with Crippen molar-refractivity contribution < 1.29 is 4.39 Å². The molecule has 19 heavy (non-hydrogen) atoms. The van der Waals surface area contributed by atoms with E-state index in [9.17, 15) is 4.39 Å². The van der Waals surface area contributed by atoms with Crippen LogP contribution in [0.25, 0.3) is 0 Å². The molecule has 1 saturated carbocycles. The third kappa shape index (κ3) is 2.81. The van der Waals surface area contributed by atoms with E-state index in [-0.39, 0.29) is 11.8 Å². The first-order valence-electron chi connectivity index (χ1n) is 6.06. The maximum absolute atomic E-state index is 13.0. The van der Waals surface area contributed by atoms with Crippen LogP contribution in [0.5, 0.6) is 0 Å². The number of nitrogen functional groups attached to an aromatic ring is 1. The predicted octanol–water partition coefficient (Wildman–Crippen LogP) is 2.71. The van der Waals surface area contributed by atoms with Gasteiger partial charge in [-0.1, -0.05) is 17.7 Å². The summed E-state index contributed by atoms with van der Waals surface area (Å²) in [6.45, 7) is 0. The summed E-state index contributed by atoms with van der Waals surface area (Å²) < 4.78 is 13.0. The van der Waals surface area contributed by atoms with Crippen LogP contribution in [0.15, 0.2) is 18.2 Å². The minimum atomic E-state index is -0.359. The lowest BCUT2D eigenvalue weighted by atomic mass is 10.1. The highest BCUT2D eigenvalue weighted by Gasteiger charge is 2.27. The number of benzene rings is 1. The molecule has 0 spiro atoms. The van der Waals surface area contributed by atoms with Crippen LogP contribution in [0, 0.1) is 5.82 Å². The fourth-order valence-corrected chi connectivity index (χ4v) is 2.13. The number of hydrogen-bond acceptors (Lipinski definition) is 4. The van der Waals surface area contributed by atoms with Gasteiger partial charge in [0.2, 0.25) is 5.95 Å². The monoisotopic (exact) mass is 278 g/mol. The van der Waals surface area contributed by atoms with Crippen molar-refractivity contribution in [2.45, 2.75) is 25.2 Å². The van der Waals surface area contributed by atoms with Crippen LogP contribution in [0.1, 0.15) is 36.0 Å². The third-order valence-corrected chi connectivity index (χ3v) is 3.37. The van der Waals surface area contributed by atoms with Gasteiger partial charge < -0.3 is 5.73 Å². The van der Waals surface area contributed by atoms with E-state index in [0.29, 0.717) is 23.2 Å². The van der Waals surface area contributed by atoms with Crippen molar-refractivity contribution in [1.82, 2.24) is 15.0 Å². The molecule has 1 aromatic heterocycles. The Bertz CT molecular complexity index is 628. The molecule has 1 aliphatic carbocycles. The van der Waals surface area contributed by atoms with Gasteiger partial charge in [-0.2, -0.15) is 9.97 Å². The smallest absolute Gasteiger partial charge is 0.223 e. The zero-order chi connectivity index (χ0) is 13.4. The lowest BCUT2D eigenvalue weighted by molar-refractivity contribution is 0.627. The van der Waals surface area contributed by atoms with Crippen LogP contribution in [0.4, 0.5) is 10.3 Å². The van der Waals surface area contributed by atoms with Crippen molar-refractivity contribution in [3.8, 4) is 0 Å². The maximum Gasteiger partial charge on any atom is 0.223 e. The lowest BCUT2D eigenvalue weighted by Crippen LogP contribution is -2.07. The van der Waals surface area contributed by atoms with Gasteiger partial charge in [0.15, 0.2) is 0 Å². The Morgan fingerprint density at radius 3 is 2.74 bits per heavy atom. The van der Waals surface area contributed by atoms with Gasteiger partial charge in [0, 0.05) is 17.4 Å². The van der Waals surface area contributed by atoms with E-state index >= 15 is 0 Å². The van der Waals surface area contributed by atoms with Crippen LogP contribution in [0.3, 0.4) is 0 Å². The zero-order valence-corrected chi connectivity index (χ0v) is 10.9. The molecular formula is C13H12ClFN4. The molecule has 3 rings (SSSR count). The van der Waals surface area contributed by atoms with Gasteiger partial charge in [-0.05, 0) is 30.5 Å². The van der Waals surface area contributed by atoms with Crippen molar-refractivity contribution in [2.24, 2.45) is 0 Å². The van der Waals surface area contributed by atoms with Gasteiger partial charge >= 0.3 is 0 Å². The molecule has 6 heteroatoms. The van der Waals surface area contributed by atoms with Crippen LogP contribution in [0.2, 0.25) is 5.02 Å². The first kappa shape index (κ1) is 12.3. The van der Waals surface area contributed by atoms with Gasteiger partial charge in [0.05, 0.1) is 0 Å². The number of anilines is 1. The quantitative estimate of drug-likeness (QED) is 0.937. The fraction of sp³-hybridized carbons (Fsp3) is 0.308. The fourth-order valence-electron chi connectivity index (χ4n) is 1.90. The molecule has 2 N–H and O–H groups in total. The molecule has 1 fully saturated rings. The van der Waals surface area contributed by atoms with Crippen molar-refractivity contribution in [3.63, 3.8) is 0 Å². The van der Waals surface area contributed by atoms with Crippen LogP contribution < -0.4 is 5.73 Å². The number of halogens is 2. The number of rotatable bonds is 3. The van der Waals surface area contributed by atoms with Crippen LogP contribution >= 0.6 is 11.6 Å². The second-order valence-electron chi connectivity index (χ2n) is 4.65. The van der Waals surface area contributed by atoms with Gasteiger partial charge in [-0.15, -0.1) is 0 Å². The Morgan fingerprint density at radius 1 is 1.26 bits per heavy atom. The van der Waals surface area contributed by atoms with Gasteiger partial charge in [0.1, 0.15) is 17.5 Å². The Balaban J connectivity index is 1.89. The SMILES string of the molecule is Nc1nc(Cc2ccc(F)cc2Cl)nc(C2CC2)n1. The Kier molecular flexibility index (Phi) is 3.06. The average Bonchev–Trinajstić information content (AvgIpc) is 3.16. The van der Waals surface area contributed by atoms with Crippen LogP contribution in [-0.4, -0.2) is 15.0 Å². The highest BCUT2D eigenvalue weighted by atomic mass is 35.5. The van der Waals surface area contributed by atoms with Crippen molar-refractivity contribution in [2.75, 3.05) is 5.73 Å². The average molecular weight is 279 g/mol. The molecule has 98 valence electrons. The minimum absolute atomic E-state index is 0.227. The number of hydrogen-bond donors (Lipinski definition) is 1. The molecule has 0 unspecified atom stereocenters. The summed E-state index contributed by atoms with van der Waals surface area (Å²) in [7, 11) is 0. The molecule has 4 nitrogen and oxygen atoms in total. The molecule has 0 saturated heterocycles. The predicted molar refractivity (Wildman–Crippen MR) is 70.4 cm³/mol. The Labute approximate surface area is 114 Å². The first-order valence-corrected chi connectivity index (χ1v) is 6.44. The van der Waals surface area contributed by atoms with E-state index < -0.39 is 0 Å². The van der Waals surface area contributed by atoms with Gasteiger partial charge in [0.25, 0.3) is 0 Å². The minimum Gasteiger partial charge on any atom is -0.368 e. The highest BCUT2D eigenvalue weighted by molar-refractivity contribution is 6.31. The van der Waals surface area contributed by atoms with Gasteiger partial charge in [-0.25, -0.2) is 9.37 Å². The third-order valence-electron chi connectivity index (χ3n) is 3.02. The van der Waals surface area contributed by atoms with E-state index in [4.69, 9.17) is 17.3 Å². The van der Waals surface area contributed by atoms with E-state index in [2.05, 4.69) is 15.0 Å². The second kappa shape index (κ2) is 4.74. The summed E-state index contributed by atoms with van der Waals surface area (Å²) in [5, 5.41) is 0.368. The topological polar surface area (TPSA) is 64.7 Å². The lowest BCUT2D eigenvalue weighted by Gasteiger charge is -2.06. The summed E-state index contributed by atoms with van der Waals surface area (Å²) in [6, 6.07) is 4.28. The molecule has 0 bridgehead atoms. The van der Waals surface area contributed by atoms with Crippen molar-refractivity contribution in [1.29, 1.82) is 0 Å². The summed E-state index contributed by atoms with van der Waals surface area (Å²) in [5.74, 6) is 1.60. The number of aromatic nitrogens is 3. The molecule has 0 radical (unpaired) electrons. The second-order valence-corrected chi connectivity index (χ2v) is 5.06. The zero-order valence-electron chi connectivity index (χ0n) is 10.1. The van der Waals surface area contributed by atoms with Crippen LogP contribution in [-0.2, 0) is 6.42 Å². The van der Waals surface area contributed by atoms with Crippen molar-refractivity contribution >= 4 is 17.5 Å². The Hall–Kier alpha value is -1.75. The van der Waals surface area contributed by atoms with E-state index in [1.165, 1.54) is 12.1 Å². The molecule has 2 aromatic rings. The van der Waals surface area contributed by atoms with E-state index in [1.54, 1.807) is 6.07 Å². The molecule has 0 amide bonds. The molecular weight excluding hydrogens is 267 g/mol. The van der Waals surface area contributed by atoms with Gasteiger partial charge in [-0.3, -0.25) is 0 Å². The molecule has 0 aliphatic heterocycles. The largest absolute Gasteiger partial charge is 0.368 e. The standard InChI is InChI=1S/C13H12ClFN4/c14-10-6-9(15)4-3-8(10)5-11-17-12(7-1-2-7)19-13(16)18-11/h3-4,6-7H,1-2,5H2,(H2,16,17,18,19). The summed E-state index contributed by atoms with van der Waals surface area (Å²) in [4.78, 5) is 12.6. The molecule has 1 heterocycles. The molecule has 1 aliphatic rings. The summed E-state index contributed by atoms with van der Waals surface area (Å²) in [5.41, 5.74) is 6.46. The normalized spacial score (nSPS) is 14.6. The van der Waals surface area contributed by atoms with E-state index in [0.717, 1.165) is 24.2 Å². The summed E-state index contributed by atoms with van der Waals surface area (Å²) in [6.07, 6.45) is 2.62. The summed E-state index contributed by atoms with van der Waals surface area (Å²) >= 11 is 5.99. The molecule has 0 atom stereocenters. The Morgan fingerprint density at radius 2 is 2.05 bits per heavy atom. The van der Waals surface area contributed by atoms with E-state index in [1.807, 2.05) is 0 Å². The molecule has 1 aromatic carbocycles. The van der Waals surface area contributed by atoms with Crippen molar-refractivity contribution in [3.05, 3.63) is 46.3 Å². The number of nitrogens with two attached hydrogens (primary N) is 1.